The highest BCUT2D eigenvalue weighted by atomic mass is 15.2. The van der Waals surface area contributed by atoms with E-state index < -0.39 is 0 Å². The summed E-state index contributed by atoms with van der Waals surface area (Å²) in [5, 5.41) is 11.8. The molecule has 1 aromatic heterocycles. The van der Waals surface area contributed by atoms with Crippen molar-refractivity contribution in [3.05, 3.63) is 11.9 Å². The Bertz CT molecular complexity index is 456. The molecule has 1 heterocycles. The average Bonchev–Trinajstić information content (AvgIpc) is 2.38. The monoisotopic (exact) mass is 261 g/mol. The van der Waals surface area contributed by atoms with Crippen molar-refractivity contribution in [3.8, 4) is 6.07 Å². The van der Waals surface area contributed by atoms with Gasteiger partial charge in [0.2, 0.25) is 0 Å². The van der Waals surface area contributed by atoms with E-state index in [9.17, 15) is 0 Å². The van der Waals surface area contributed by atoms with Crippen LogP contribution in [0.3, 0.4) is 0 Å². The highest BCUT2D eigenvalue weighted by Gasteiger charge is 2.20. The summed E-state index contributed by atoms with van der Waals surface area (Å²) in [6.07, 6.45) is 0.498. The molecular formula is C14H23N5. The van der Waals surface area contributed by atoms with E-state index in [1.807, 2.05) is 13.1 Å². The lowest BCUT2D eigenvalue weighted by atomic mass is 9.96. The second-order valence-corrected chi connectivity index (χ2v) is 5.42. The molecule has 0 bridgehead atoms. The summed E-state index contributed by atoms with van der Waals surface area (Å²) in [7, 11) is 1.85. The number of anilines is 2. The number of nitrogens with zero attached hydrogens (tertiary/aromatic N) is 4. The Morgan fingerprint density at radius 3 is 2.53 bits per heavy atom. The van der Waals surface area contributed by atoms with Crippen LogP contribution in [-0.2, 0) is 5.41 Å². The van der Waals surface area contributed by atoms with Crippen molar-refractivity contribution in [1.29, 1.82) is 5.26 Å². The zero-order valence-corrected chi connectivity index (χ0v) is 12.5. The molecule has 0 radical (unpaired) electrons. The maximum absolute atomic E-state index is 8.72. The van der Waals surface area contributed by atoms with E-state index in [1.54, 1.807) is 0 Å². The molecule has 0 atom stereocenters. The largest absolute Gasteiger partial charge is 0.373 e. The average molecular weight is 261 g/mol. The summed E-state index contributed by atoms with van der Waals surface area (Å²) >= 11 is 0. The van der Waals surface area contributed by atoms with Crippen LogP contribution < -0.4 is 10.2 Å². The normalized spacial score (nSPS) is 10.9. The maximum atomic E-state index is 8.72. The van der Waals surface area contributed by atoms with Crippen molar-refractivity contribution in [1.82, 2.24) is 9.97 Å². The second-order valence-electron chi connectivity index (χ2n) is 5.42. The van der Waals surface area contributed by atoms with Crippen molar-refractivity contribution in [2.24, 2.45) is 0 Å². The standard InChI is InChI=1S/C14H23N5/c1-6-19(9-7-8-15)12-10-11(16-5)17-13(18-12)14(2,3)4/h10H,6-7,9H2,1-5H3,(H,16,17,18). The first-order chi connectivity index (χ1) is 8.92. The maximum Gasteiger partial charge on any atom is 0.138 e. The number of nitriles is 1. The van der Waals surface area contributed by atoms with Crippen LogP contribution in [0, 0.1) is 11.3 Å². The van der Waals surface area contributed by atoms with Gasteiger partial charge in [-0.3, -0.25) is 0 Å². The molecule has 0 aromatic carbocycles. The summed E-state index contributed by atoms with van der Waals surface area (Å²) in [4.78, 5) is 11.2. The van der Waals surface area contributed by atoms with Crippen LogP contribution in [0.4, 0.5) is 11.6 Å². The third-order valence-corrected chi connectivity index (χ3v) is 2.84. The SMILES string of the molecule is CCN(CCC#N)c1cc(NC)nc(C(C)(C)C)n1. The molecule has 1 aromatic rings. The third kappa shape index (κ3) is 4.09. The van der Waals surface area contributed by atoms with Gasteiger partial charge in [0.15, 0.2) is 0 Å². The molecule has 0 aliphatic rings. The fourth-order valence-electron chi connectivity index (χ4n) is 1.68. The third-order valence-electron chi connectivity index (χ3n) is 2.84. The molecule has 5 heteroatoms. The number of hydrogen-bond acceptors (Lipinski definition) is 5. The van der Waals surface area contributed by atoms with Crippen molar-refractivity contribution >= 4 is 11.6 Å². The first kappa shape index (κ1) is 15.2. The van der Waals surface area contributed by atoms with Gasteiger partial charge < -0.3 is 10.2 Å². The Labute approximate surface area is 115 Å². The van der Waals surface area contributed by atoms with E-state index >= 15 is 0 Å². The summed E-state index contributed by atoms with van der Waals surface area (Å²) < 4.78 is 0. The van der Waals surface area contributed by atoms with Gasteiger partial charge in [-0.25, -0.2) is 9.97 Å². The predicted molar refractivity (Wildman–Crippen MR) is 78.4 cm³/mol. The van der Waals surface area contributed by atoms with Gasteiger partial charge in [-0.15, -0.1) is 0 Å². The van der Waals surface area contributed by atoms with Gasteiger partial charge in [0.05, 0.1) is 12.5 Å². The molecule has 19 heavy (non-hydrogen) atoms. The molecule has 104 valence electrons. The zero-order valence-electron chi connectivity index (χ0n) is 12.5. The lowest BCUT2D eigenvalue weighted by Gasteiger charge is -2.24. The van der Waals surface area contributed by atoms with E-state index in [-0.39, 0.29) is 5.41 Å². The van der Waals surface area contributed by atoms with Crippen molar-refractivity contribution in [2.45, 2.75) is 39.5 Å². The lowest BCUT2D eigenvalue weighted by Crippen LogP contribution is -2.27. The molecule has 0 spiro atoms. The van der Waals surface area contributed by atoms with Crippen LogP contribution in [0.5, 0.6) is 0 Å². The number of rotatable bonds is 5. The summed E-state index contributed by atoms with van der Waals surface area (Å²) in [5.41, 5.74) is -0.101. The van der Waals surface area contributed by atoms with E-state index in [0.29, 0.717) is 13.0 Å². The lowest BCUT2D eigenvalue weighted by molar-refractivity contribution is 0.545. The van der Waals surface area contributed by atoms with Gasteiger partial charge in [0.25, 0.3) is 0 Å². The fourth-order valence-corrected chi connectivity index (χ4v) is 1.68. The van der Waals surface area contributed by atoms with Gasteiger partial charge in [0, 0.05) is 31.6 Å². The van der Waals surface area contributed by atoms with Gasteiger partial charge in [0.1, 0.15) is 17.5 Å². The van der Waals surface area contributed by atoms with Crippen LogP contribution in [0.25, 0.3) is 0 Å². The first-order valence-electron chi connectivity index (χ1n) is 6.61. The summed E-state index contributed by atoms with van der Waals surface area (Å²) in [6, 6.07) is 4.10. The predicted octanol–water partition coefficient (Wildman–Crippen LogP) is 2.56. The topological polar surface area (TPSA) is 64.8 Å². The molecule has 0 aliphatic carbocycles. The van der Waals surface area contributed by atoms with Crippen molar-refractivity contribution < 1.29 is 0 Å². The molecule has 0 amide bonds. The molecule has 0 fully saturated rings. The molecule has 1 rings (SSSR count). The molecule has 0 unspecified atom stereocenters. The Morgan fingerprint density at radius 2 is 2.05 bits per heavy atom. The smallest absolute Gasteiger partial charge is 0.138 e. The van der Waals surface area contributed by atoms with Crippen LogP contribution in [0.15, 0.2) is 6.07 Å². The molecule has 0 saturated carbocycles. The minimum absolute atomic E-state index is 0.101. The zero-order chi connectivity index (χ0) is 14.5. The Morgan fingerprint density at radius 1 is 1.37 bits per heavy atom. The molecule has 0 saturated heterocycles. The first-order valence-corrected chi connectivity index (χ1v) is 6.61. The van der Waals surface area contributed by atoms with Gasteiger partial charge in [-0.1, -0.05) is 20.8 Å². The number of hydrogen-bond donors (Lipinski definition) is 1. The van der Waals surface area contributed by atoms with E-state index in [1.165, 1.54) is 0 Å². The fraction of sp³-hybridized carbons (Fsp3) is 0.643. The summed E-state index contributed by atoms with van der Waals surface area (Å²) in [5.74, 6) is 2.50. The Balaban J connectivity index is 3.15. The van der Waals surface area contributed by atoms with Crippen LogP contribution in [0.1, 0.15) is 39.9 Å². The van der Waals surface area contributed by atoms with Crippen molar-refractivity contribution in [2.75, 3.05) is 30.4 Å². The molecule has 0 aliphatic heterocycles. The van der Waals surface area contributed by atoms with Gasteiger partial charge in [-0.05, 0) is 6.92 Å². The van der Waals surface area contributed by atoms with E-state index in [4.69, 9.17) is 5.26 Å². The summed E-state index contributed by atoms with van der Waals surface area (Å²) in [6.45, 7) is 9.86. The minimum atomic E-state index is -0.101. The van der Waals surface area contributed by atoms with Crippen LogP contribution in [0.2, 0.25) is 0 Å². The molecule has 1 N–H and O–H groups in total. The minimum Gasteiger partial charge on any atom is -0.373 e. The van der Waals surface area contributed by atoms with Gasteiger partial charge >= 0.3 is 0 Å². The number of aromatic nitrogens is 2. The second kappa shape index (κ2) is 6.37. The van der Waals surface area contributed by atoms with Crippen LogP contribution in [-0.4, -0.2) is 30.1 Å². The highest BCUT2D eigenvalue weighted by molar-refractivity contribution is 5.49. The Hall–Kier alpha value is -1.83. The number of nitrogens with one attached hydrogen (secondary N) is 1. The Kier molecular flexibility index (Phi) is 5.11. The van der Waals surface area contributed by atoms with Crippen LogP contribution >= 0.6 is 0 Å². The quantitative estimate of drug-likeness (QED) is 0.882. The van der Waals surface area contributed by atoms with Crippen molar-refractivity contribution in [3.63, 3.8) is 0 Å². The van der Waals surface area contributed by atoms with E-state index in [2.05, 4.69) is 53.9 Å². The molecular weight excluding hydrogens is 238 g/mol. The van der Waals surface area contributed by atoms with Gasteiger partial charge in [-0.2, -0.15) is 5.26 Å². The van der Waals surface area contributed by atoms with E-state index in [0.717, 1.165) is 24.0 Å². The molecule has 5 nitrogen and oxygen atoms in total. The highest BCUT2D eigenvalue weighted by Crippen LogP contribution is 2.24.